The largest absolute Gasteiger partial charge is 0.480 e. The minimum Gasteiger partial charge on any atom is -0.480 e. The van der Waals surface area contributed by atoms with Crippen LogP contribution in [0, 0.1) is 0 Å². The SMILES string of the molecule is CCCc1noc(CCC(=O)NC(C)C(=O)O)n1. The first-order valence-electron chi connectivity index (χ1n) is 5.86. The zero-order valence-electron chi connectivity index (χ0n) is 10.5. The Kier molecular flexibility index (Phi) is 5.29. The zero-order chi connectivity index (χ0) is 13.5. The normalized spacial score (nSPS) is 12.1. The van der Waals surface area contributed by atoms with Crippen LogP contribution in [0.2, 0.25) is 0 Å². The van der Waals surface area contributed by atoms with E-state index in [-0.39, 0.29) is 12.3 Å². The number of hydrogen-bond acceptors (Lipinski definition) is 5. The van der Waals surface area contributed by atoms with Crippen molar-refractivity contribution >= 4 is 11.9 Å². The molecule has 1 unspecified atom stereocenters. The summed E-state index contributed by atoms with van der Waals surface area (Å²) in [5, 5.41) is 14.7. The molecule has 7 nitrogen and oxygen atoms in total. The van der Waals surface area contributed by atoms with Crippen molar-refractivity contribution in [3.63, 3.8) is 0 Å². The summed E-state index contributed by atoms with van der Waals surface area (Å²) in [5.41, 5.74) is 0. The summed E-state index contributed by atoms with van der Waals surface area (Å²) in [6.07, 6.45) is 2.11. The summed E-state index contributed by atoms with van der Waals surface area (Å²) in [6.45, 7) is 3.42. The van der Waals surface area contributed by atoms with E-state index in [9.17, 15) is 9.59 Å². The molecule has 0 aliphatic rings. The van der Waals surface area contributed by atoms with Gasteiger partial charge < -0.3 is 14.9 Å². The van der Waals surface area contributed by atoms with Crippen molar-refractivity contribution in [2.24, 2.45) is 0 Å². The number of carbonyl (C=O) groups excluding carboxylic acids is 1. The van der Waals surface area contributed by atoms with E-state index < -0.39 is 12.0 Å². The molecule has 1 rings (SSSR count). The van der Waals surface area contributed by atoms with E-state index in [0.29, 0.717) is 18.1 Å². The standard InChI is InChI=1S/C11H17N3O4/c1-3-4-8-13-10(18-14-8)6-5-9(15)12-7(2)11(16)17/h7H,3-6H2,1-2H3,(H,12,15)(H,16,17). The average molecular weight is 255 g/mol. The lowest BCUT2D eigenvalue weighted by Crippen LogP contribution is -2.38. The zero-order valence-corrected chi connectivity index (χ0v) is 10.5. The second kappa shape index (κ2) is 6.73. The molecule has 7 heteroatoms. The van der Waals surface area contributed by atoms with Crippen molar-refractivity contribution in [1.82, 2.24) is 15.5 Å². The van der Waals surface area contributed by atoms with Gasteiger partial charge in [-0.1, -0.05) is 12.1 Å². The van der Waals surface area contributed by atoms with Gasteiger partial charge in [-0.15, -0.1) is 0 Å². The predicted molar refractivity (Wildman–Crippen MR) is 61.9 cm³/mol. The van der Waals surface area contributed by atoms with Crippen LogP contribution in [0.5, 0.6) is 0 Å². The third-order valence-corrected chi connectivity index (χ3v) is 2.30. The highest BCUT2D eigenvalue weighted by Crippen LogP contribution is 2.03. The van der Waals surface area contributed by atoms with Crippen LogP contribution in [0.3, 0.4) is 0 Å². The maximum absolute atomic E-state index is 11.4. The number of rotatable bonds is 7. The molecule has 18 heavy (non-hydrogen) atoms. The molecule has 100 valence electrons. The molecule has 0 radical (unpaired) electrons. The van der Waals surface area contributed by atoms with Crippen LogP contribution < -0.4 is 5.32 Å². The van der Waals surface area contributed by atoms with Crippen LogP contribution in [-0.4, -0.2) is 33.2 Å². The fourth-order valence-corrected chi connectivity index (χ4v) is 1.31. The van der Waals surface area contributed by atoms with E-state index in [1.165, 1.54) is 6.92 Å². The summed E-state index contributed by atoms with van der Waals surface area (Å²) in [7, 11) is 0. The van der Waals surface area contributed by atoms with Crippen LogP contribution in [0.4, 0.5) is 0 Å². The Bertz CT molecular complexity index is 416. The minimum atomic E-state index is -1.06. The minimum absolute atomic E-state index is 0.130. The molecule has 1 amide bonds. The van der Waals surface area contributed by atoms with Gasteiger partial charge in [-0.05, 0) is 13.3 Å². The number of nitrogens with zero attached hydrogens (tertiary/aromatic N) is 2. The van der Waals surface area contributed by atoms with E-state index in [1.807, 2.05) is 6.92 Å². The molecule has 0 spiro atoms. The third kappa shape index (κ3) is 4.52. The molecule has 0 aliphatic heterocycles. The first-order valence-corrected chi connectivity index (χ1v) is 5.86. The maximum Gasteiger partial charge on any atom is 0.325 e. The first-order chi connectivity index (χ1) is 8.52. The Labute approximate surface area is 105 Å². The van der Waals surface area contributed by atoms with Gasteiger partial charge in [0, 0.05) is 19.3 Å². The quantitative estimate of drug-likeness (QED) is 0.736. The molecule has 0 bridgehead atoms. The summed E-state index contributed by atoms with van der Waals surface area (Å²) in [4.78, 5) is 26.0. The van der Waals surface area contributed by atoms with Crippen molar-refractivity contribution < 1.29 is 19.2 Å². The van der Waals surface area contributed by atoms with Gasteiger partial charge in [0.15, 0.2) is 5.82 Å². The number of carboxylic acids is 1. The number of amides is 1. The Morgan fingerprint density at radius 3 is 2.78 bits per heavy atom. The molecular formula is C11H17N3O4. The van der Waals surface area contributed by atoms with E-state index in [0.717, 1.165) is 12.8 Å². The van der Waals surface area contributed by atoms with Crippen LogP contribution in [0.15, 0.2) is 4.52 Å². The lowest BCUT2D eigenvalue weighted by molar-refractivity contribution is -0.141. The number of aryl methyl sites for hydroxylation is 2. The highest BCUT2D eigenvalue weighted by molar-refractivity contribution is 5.83. The smallest absolute Gasteiger partial charge is 0.325 e. The van der Waals surface area contributed by atoms with Crippen LogP contribution in [0.25, 0.3) is 0 Å². The topological polar surface area (TPSA) is 105 Å². The van der Waals surface area contributed by atoms with Gasteiger partial charge in [0.2, 0.25) is 11.8 Å². The maximum atomic E-state index is 11.4. The Balaban J connectivity index is 2.35. The monoisotopic (exact) mass is 255 g/mol. The van der Waals surface area contributed by atoms with Gasteiger partial charge in [0.25, 0.3) is 0 Å². The third-order valence-electron chi connectivity index (χ3n) is 2.30. The molecule has 1 heterocycles. The number of carbonyl (C=O) groups is 2. The van der Waals surface area contributed by atoms with Crippen LogP contribution in [-0.2, 0) is 22.4 Å². The molecule has 0 saturated heterocycles. The molecule has 1 aromatic rings. The van der Waals surface area contributed by atoms with E-state index in [1.54, 1.807) is 0 Å². The van der Waals surface area contributed by atoms with Crippen molar-refractivity contribution in [3.05, 3.63) is 11.7 Å². The van der Waals surface area contributed by atoms with Gasteiger partial charge in [0.1, 0.15) is 6.04 Å². The Morgan fingerprint density at radius 1 is 1.44 bits per heavy atom. The molecule has 0 saturated carbocycles. The number of nitrogens with one attached hydrogen (secondary N) is 1. The predicted octanol–water partition coefficient (Wildman–Crippen LogP) is 0.544. The number of aliphatic carboxylic acids is 1. The second-order valence-electron chi connectivity index (χ2n) is 3.98. The van der Waals surface area contributed by atoms with Crippen molar-refractivity contribution in [2.45, 2.75) is 45.6 Å². The van der Waals surface area contributed by atoms with Crippen molar-refractivity contribution in [2.75, 3.05) is 0 Å². The average Bonchev–Trinajstić information content (AvgIpc) is 2.74. The summed E-state index contributed by atoms with van der Waals surface area (Å²) in [6, 6.07) is -0.893. The van der Waals surface area contributed by atoms with E-state index in [4.69, 9.17) is 9.63 Å². The molecule has 0 aliphatic carbocycles. The highest BCUT2D eigenvalue weighted by Gasteiger charge is 2.14. The molecule has 1 aromatic heterocycles. The molecule has 0 aromatic carbocycles. The summed E-state index contributed by atoms with van der Waals surface area (Å²) in [5.74, 6) is -0.380. The number of aromatic nitrogens is 2. The fraction of sp³-hybridized carbons (Fsp3) is 0.636. The Morgan fingerprint density at radius 2 is 2.17 bits per heavy atom. The Hall–Kier alpha value is -1.92. The molecular weight excluding hydrogens is 238 g/mol. The van der Waals surface area contributed by atoms with Crippen LogP contribution >= 0.6 is 0 Å². The summed E-state index contributed by atoms with van der Waals surface area (Å²) >= 11 is 0. The lowest BCUT2D eigenvalue weighted by atomic mass is 10.2. The molecule has 0 fully saturated rings. The van der Waals surface area contributed by atoms with Gasteiger partial charge in [-0.25, -0.2) is 0 Å². The number of carboxylic acid groups (broad SMARTS) is 1. The van der Waals surface area contributed by atoms with Crippen LogP contribution in [0.1, 0.15) is 38.4 Å². The molecule has 2 N–H and O–H groups in total. The lowest BCUT2D eigenvalue weighted by Gasteiger charge is -2.07. The van der Waals surface area contributed by atoms with Gasteiger partial charge in [-0.2, -0.15) is 4.98 Å². The fourth-order valence-electron chi connectivity index (χ4n) is 1.31. The second-order valence-corrected chi connectivity index (χ2v) is 3.98. The highest BCUT2D eigenvalue weighted by atomic mass is 16.5. The van der Waals surface area contributed by atoms with E-state index >= 15 is 0 Å². The van der Waals surface area contributed by atoms with E-state index in [2.05, 4.69) is 15.5 Å². The van der Waals surface area contributed by atoms with Gasteiger partial charge >= 0.3 is 5.97 Å². The summed E-state index contributed by atoms with van der Waals surface area (Å²) < 4.78 is 4.96. The van der Waals surface area contributed by atoms with Gasteiger partial charge in [-0.3, -0.25) is 9.59 Å². The molecule has 1 atom stereocenters. The first kappa shape index (κ1) is 14.1. The van der Waals surface area contributed by atoms with Crippen molar-refractivity contribution in [3.8, 4) is 0 Å². The van der Waals surface area contributed by atoms with Gasteiger partial charge in [0.05, 0.1) is 0 Å². The number of hydrogen-bond donors (Lipinski definition) is 2. The van der Waals surface area contributed by atoms with Crippen molar-refractivity contribution in [1.29, 1.82) is 0 Å².